The van der Waals surface area contributed by atoms with Gasteiger partial charge in [-0.05, 0) is 39.9 Å². The van der Waals surface area contributed by atoms with Crippen molar-refractivity contribution in [2.45, 2.75) is 26.3 Å². The summed E-state index contributed by atoms with van der Waals surface area (Å²) < 4.78 is 0. The normalized spacial score (nSPS) is 10.9. The summed E-state index contributed by atoms with van der Waals surface area (Å²) in [5, 5.41) is 23.1. The molecule has 0 aliphatic rings. The molecule has 0 saturated carbocycles. The highest BCUT2D eigenvalue weighted by atomic mass is 16.6. The van der Waals surface area contributed by atoms with Crippen LogP contribution in [-0.2, 0) is 0 Å². The number of para-hydroxylation sites is 1. The summed E-state index contributed by atoms with van der Waals surface area (Å²) in [6.07, 6.45) is 0.760. The Morgan fingerprint density at radius 1 is 1.48 bits per heavy atom. The molecule has 0 aromatic heterocycles. The maximum absolute atomic E-state index is 11.9. The first-order valence-corrected chi connectivity index (χ1v) is 6.79. The average molecular weight is 295 g/mol. The van der Waals surface area contributed by atoms with Gasteiger partial charge in [0.05, 0.1) is 10.5 Å². The van der Waals surface area contributed by atoms with E-state index in [9.17, 15) is 20.0 Å². The summed E-state index contributed by atoms with van der Waals surface area (Å²) in [6.45, 7) is 5.44. The number of nitrogens with zero attached hydrogens (tertiary/aromatic N) is 2. The maximum Gasteiger partial charge on any atom is 0.311 e. The van der Waals surface area contributed by atoms with Gasteiger partial charge >= 0.3 is 5.69 Å². The van der Waals surface area contributed by atoms with Crippen molar-refractivity contribution >= 4 is 11.6 Å². The van der Waals surface area contributed by atoms with Crippen LogP contribution >= 0.6 is 0 Å². The van der Waals surface area contributed by atoms with Crippen LogP contribution < -0.4 is 5.32 Å². The Morgan fingerprint density at radius 3 is 2.71 bits per heavy atom. The number of aromatic hydroxyl groups is 1. The van der Waals surface area contributed by atoms with Crippen molar-refractivity contribution < 1.29 is 14.8 Å². The third kappa shape index (κ3) is 4.71. The van der Waals surface area contributed by atoms with Crippen LogP contribution in [-0.4, -0.2) is 47.0 Å². The molecular weight excluding hydrogens is 274 g/mol. The first-order valence-electron chi connectivity index (χ1n) is 6.79. The van der Waals surface area contributed by atoms with Crippen LogP contribution in [0.5, 0.6) is 5.75 Å². The lowest BCUT2D eigenvalue weighted by Crippen LogP contribution is -2.31. The maximum atomic E-state index is 11.9. The topological polar surface area (TPSA) is 95.7 Å². The molecule has 21 heavy (non-hydrogen) atoms. The molecule has 116 valence electrons. The first-order chi connectivity index (χ1) is 9.84. The summed E-state index contributed by atoms with van der Waals surface area (Å²) in [5.74, 6) is -1.11. The van der Waals surface area contributed by atoms with Gasteiger partial charge in [0.15, 0.2) is 0 Å². The number of carbonyl (C=O) groups is 1. The second-order valence-electron chi connectivity index (χ2n) is 5.11. The Balaban J connectivity index is 2.57. The molecule has 0 radical (unpaired) electrons. The number of hydrogen-bond acceptors (Lipinski definition) is 5. The lowest BCUT2D eigenvalue weighted by Gasteiger charge is -2.20. The Bertz CT molecular complexity index is 517. The van der Waals surface area contributed by atoms with Crippen molar-refractivity contribution in [2.24, 2.45) is 0 Å². The smallest absolute Gasteiger partial charge is 0.311 e. The lowest BCUT2D eigenvalue weighted by atomic mass is 10.1. The minimum atomic E-state index is -0.719. The van der Waals surface area contributed by atoms with E-state index in [1.165, 1.54) is 12.1 Å². The average Bonchev–Trinajstić information content (AvgIpc) is 2.42. The molecule has 0 spiro atoms. The van der Waals surface area contributed by atoms with Crippen molar-refractivity contribution in [3.8, 4) is 5.75 Å². The number of benzene rings is 1. The van der Waals surface area contributed by atoms with Crippen LogP contribution in [0.15, 0.2) is 18.2 Å². The summed E-state index contributed by atoms with van der Waals surface area (Å²) in [4.78, 5) is 24.0. The SMILES string of the molecule is CC(C)N(C)CCCNC(=O)c1cccc([N+](=O)[O-])c1O. The molecule has 7 heteroatoms. The van der Waals surface area contributed by atoms with Crippen LogP contribution in [0.4, 0.5) is 5.69 Å². The van der Waals surface area contributed by atoms with Gasteiger partial charge in [-0.25, -0.2) is 0 Å². The molecule has 0 saturated heterocycles. The monoisotopic (exact) mass is 295 g/mol. The van der Waals surface area contributed by atoms with Crippen molar-refractivity contribution in [2.75, 3.05) is 20.1 Å². The van der Waals surface area contributed by atoms with Crippen molar-refractivity contribution in [3.63, 3.8) is 0 Å². The second-order valence-corrected chi connectivity index (χ2v) is 5.11. The number of phenols is 1. The van der Waals surface area contributed by atoms with Gasteiger partial charge in [0.1, 0.15) is 0 Å². The Morgan fingerprint density at radius 2 is 2.14 bits per heavy atom. The molecule has 0 atom stereocenters. The van der Waals surface area contributed by atoms with E-state index in [1.807, 2.05) is 7.05 Å². The predicted octanol–water partition coefficient (Wildman–Crippen LogP) is 1.76. The molecular formula is C14H21N3O4. The van der Waals surface area contributed by atoms with E-state index in [0.29, 0.717) is 12.6 Å². The van der Waals surface area contributed by atoms with Gasteiger partial charge in [-0.15, -0.1) is 0 Å². The van der Waals surface area contributed by atoms with Gasteiger partial charge in [0.2, 0.25) is 5.75 Å². The fraction of sp³-hybridized carbons (Fsp3) is 0.500. The molecule has 1 rings (SSSR count). The third-order valence-electron chi connectivity index (χ3n) is 3.31. The van der Waals surface area contributed by atoms with E-state index >= 15 is 0 Å². The zero-order valence-electron chi connectivity index (χ0n) is 12.5. The lowest BCUT2D eigenvalue weighted by molar-refractivity contribution is -0.385. The summed E-state index contributed by atoms with van der Waals surface area (Å²) >= 11 is 0. The zero-order valence-corrected chi connectivity index (χ0v) is 12.5. The van der Waals surface area contributed by atoms with Crippen LogP contribution in [0.2, 0.25) is 0 Å². The summed E-state index contributed by atoms with van der Waals surface area (Å²) in [7, 11) is 2.00. The molecule has 2 N–H and O–H groups in total. The van der Waals surface area contributed by atoms with Crippen LogP contribution in [0.1, 0.15) is 30.6 Å². The largest absolute Gasteiger partial charge is 0.502 e. The first kappa shape index (κ1) is 16.9. The number of amides is 1. The van der Waals surface area contributed by atoms with Crippen LogP contribution in [0.3, 0.4) is 0 Å². The molecule has 7 nitrogen and oxygen atoms in total. The van der Waals surface area contributed by atoms with Gasteiger partial charge in [-0.3, -0.25) is 14.9 Å². The van der Waals surface area contributed by atoms with Crippen LogP contribution in [0.25, 0.3) is 0 Å². The van der Waals surface area contributed by atoms with E-state index < -0.39 is 22.3 Å². The molecule has 1 aromatic rings. The van der Waals surface area contributed by atoms with Gasteiger partial charge in [-0.1, -0.05) is 6.07 Å². The summed E-state index contributed by atoms with van der Waals surface area (Å²) in [5.41, 5.74) is -0.552. The predicted molar refractivity (Wildman–Crippen MR) is 79.5 cm³/mol. The molecule has 0 aliphatic heterocycles. The summed E-state index contributed by atoms with van der Waals surface area (Å²) in [6, 6.07) is 4.32. The van der Waals surface area contributed by atoms with E-state index in [4.69, 9.17) is 0 Å². The number of phenolic OH excluding ortho intramolecular Hbond substituents is 1. The van der Waals surface area contributed by atoms with E-state index in [0.717, 1.165) is 19.0 Å². The fourth-order valence-corrected chi connectivity index (χ4v) is 1.75. The Hall–Kier alpha value is -2.15. The number of carbonyl (C=O) groups excluding carboxylic acids is 1. The Kier molecular flexibility index (Phi) is 6.10. The Labute approximate surface area is 123 Å². The van der Waals surface area contributed by atoms with E-state index in [-0.39, 0.29) is 5.56 Å². The number of nitrogens with one attached hydrogen (secondary N) is 1. The number of nitro groups is 1. The van der Waals surface area contributed by atoms with E-state index in [2.05, 4.69) is 24.1 Å². The molecule has 0 fully saturated rings. The zero-order chi connectivity index (χ0) is 16.0. The third-order valence-corrected chi connectivity index (χ3v) is 3.31. The van der Waals surface area contributed by atoms with Gasteiger partial charge < -0.3 is 15.3 Å². The molecule has 0 heterocycles. The highest BCUT2D eigenvalue weighted by Crippen LogP contribution is 2.28. The molecule has 1 aromatic carbocycles. The molecule has 0 bridgehead atoms. The molecule has 0 aliphatic carbocycles. The van der Waals surface area contributed by atoms with Gasteiger partial charge in [0.25, 0.3) is 5.91 Å². The minimum absolute atomic E-state index is 0.0820. The van der Waals surface area contributed by atoms with Crippen molar-refractivity contribution in [1.29, 1.82) is 0 Å². The highest BCUT2D eigenvalue weighted by molar-refractivity contribution is 5.98. The van der Waals surface area contributed by atoms with Gasteiger partial charge in [-0.2, -0.15) is 0 Å². The quantitative estimate of drug-likeness (QED) is 0.454. The fourth-order valence-electron chi connectivity index (χ4n) is 1.75. The van der Waals surface area contributed by atoms with E-state index in [1.54, 1.807) is 0 Å². The molecule has 1 amide bonds. The van der Waals surface area contributed by atoms with Gasteiger partial charge in [0, 0.05) is 18.7 Å². The number of rotatable bonds is 7. The number of hydrogen-bond donors (Lipinski definition) is 2. The number of nitro benzene ring substituents is 1. The molecule has 0 unspecified atom stereocenters. The van der Waals surface area contributed by atoms with Crippen molar-refractivity contribution in [3.05, 3.63) is 33.9 Å². The second kappa shape index (κ2) is 7.58. The standard InChI is InChI=1S/C14H21N3O4/c1-10(2)16(3)9-5-8-15-14(19)11-6-4-7-12(13(11)18)17(20)21/h4,6-7,10,18H,5,8-9H2,1-3H3,(H,15,19). The van der Waals surface area contributed by atoms with Crippen molar-refractivity contribution in [1.82, 2.24) is 10.2 Å². The van der Waals surface area contributed by atoms with Crippen LogP contribution in [0, 0.1) is 10.1 Å². The minimum Gasteiger partial charge on any atom is -0.502 e. The highest BCUT2D eigenvalue weighted by Gasteiger charge is 2.20.